The second-order valence-corrected chi connectivity index (χ2v) is 17.2. The number of rotatable bonds is 0. The SMILES string of the molecule is S=c1[se]c2c([se]1)[Se]C[Se]2. The Labute approximate surface area is 83.2 Å². The summed E-state index contributed by atoms with van der Waals surface area (Å²) in [7, 11) is 0. The number of hydrogen-bond donors (Lipinski definition) is 0. The van der Waals surface area contributed by atoms with E-state index in [-0.39, 0.29) is 0 Å². The first-order valence-corrected chi connectivity index (χ1v) is 10.2. The Balaban J connectivity index is 2.64. The van der Waals surface area contributed by atoms with Crippen LogP contribution in [0.15, 0.2) is 0 Å². The van der Waals surface area contributed by atoms with Crippen LogP contribution < -0.4 is 6.67 Å². The van der Waals surface area contributed by atoms with Gasteiger partial charge in [0, 0.05) is 0 Å². The maximum atomic E-state index is 5.21. The molecule has 2 rings (SSSR count). The summed E-state index contributed by atoms with van der Waals surface area (Å²) in [5, 5.41) is 0. The molecule has 9 heavy (non-hydrogen) atoms. The Bertz CT molecular complexity index is 248. The fourth-order valence-corrected chi connectivity index (χ4v) is 26.0. The maximum absolute atomic E-state index is 5.21. The summed E-state index contributed by atoms with van der Waals surface area (Å²) in [6.07, 6.45) is 0. The molecule has 0 fully saturated rings. The van der Waals surface area contributed by atoms with E-state index in [1.807, 2.05) is 6.67 Å². The van der Waals surface area contributed by atoms with Gasteiger partial charge in [0.2, 0.25) is 0 Å². The summed E-state index contributed by atoms with van der Waals surface area (Å²) in [5.74, 6) is 0. The summed E-state index contributed by atoms with van der Waals surface area (Å²) < 4.78 is 6.71. The van der Waals surface area contributed by atoms with Gasteiger partial charge in [0.15, 0.2) is 0 Å². The zero-order chi connectivity index (χ0) is 6.27. The van der Waals surface area contributed by atoms with E-state index in [4.69, 9.17) is 12.2 Å². The van der Waals surface area contributed by atoms with Crippen LogP contribution in [0.4, 0.5) is 0 Å². The van der Waals surface area contributed by atoms with Crippen molar-refractivity contribution in [2.45, 2.75) is 4.22 Å². The fraction of sp³-hybridized carbons (Fsp3) is 0.250. The van der Waals surface area contributed by atoms with Gasteiger partial charge >= 0.3 is 84.3 Å². The molecule has 0 nitrogen and oxygen atoms in total. The van der Waals surface area contributed by atoms with Crippen LogP contribution in [-0.4, -0.2) is 58.9 Å². The van der Waals surface area contributed by atoms with Crippen molar-refractivity contribution in [2.24, 2.45) is 0 Å². The Kier molecular flexibility index (Phi) is 2.61. The van der Waals surface area contributed by atoms with Gasteiger partial charge in [-0.15, -0.1) is 0 Å². The fourth-order valence-electron chi connectivity index (χ4n) is 0.569. The van der Waals surface area contributed by atoms with E-state index in [0.717, 1.165) is 29.9 Å². The van der Waals surface area contributed by atoms with Gasteiger partial charge in [0.25, 0.3) is 0 Å². The molecular formula is C4H2SSe4. The van der Waals surface area contributed by atoms with Crippen LogP contribution in [-0.2, 0) is 0 Å². The molecule has 0 amide bonds. The van der Waals surface area contributed by atoms with Gasteiger partial charge in [0.1, 0.15) is 0 Å². The van der Waals surface area contributed by atoms with E-state index < -0.39 is 0 Å². The Morgan fingerprint density at radius 2 is 1.67 bits per heavy atom. The van der Waals surface area contributed by atoms with Crippen LogP contribution in [0.1, 0.15) is 0 Å². The third kappa shape index (κ3) is 1.56. The Morgan fingerprint density at radius 3 is 2.22 bits per heavy atom. The van der Waals surface area contributed by atoms with Crippen LogP contribution in [0.3, 0.4) is 0 Å². The Morgan fingerprint density at radius 1 is 1.11 bits per heavy atom. The molecule has 0 radical (unpaired) electrons. The van der Waals surface area contributed by atoms with E-state index in [2.05, 4.69) is 0 Å². The molecule has 0 aromatic carbocycles. The van der Waals surface area contributed by atoms with Crippen molar-refractivity contribution in [2.75, 3.05) is 0 Å². The molecule has 5 heteroatoms. The summed E-state index contributed by atoms with van der Waals surface area (Å²) in [6, 6.07) is 0. The molecule has 0 N–H and O–H groups in total. The van der Waals surface area contributed by atoms with E-state index in [9.17, 15) is 0 Å². The predicted octanol–water partition coefficient (Wildman–Crippen LogP) is -1.42. The molecule has 0 saturated carbocycles. The first-order valence-electron chi connectivity index (χ1n) is 2.26. The van der Waals surface area contributed by atoms with E-state index >= 15 is 0 Å². The second kappa shape index (κ2) is 3.11. The van der Waals surface area contributed by atoms with Gasteiger partial charge in [-0.1, -0.05) is 0 Å². The predicted molar refractivity (Wildman–Crippen MR) is 46.7 cm³/mol. The zero-order valence-corrected chi connectivity index (χ0v) is 11.9. The Hall–Kier alpha value is 1.91. The zero-order valence-electron chi connectivity index (χ0n) is 4.25. The van der Waals surface area contributed by atoms with Crippen molar-refractivity contribution in [3.63, 3.8) is 0 Å². The number of fused-ring (bicyclic) bond motifs is 1. The van der Waals surface area contributed by atoms with Crippen LogP contribution in [0.2, 0.25) is 4.22 Å². The van der Waals surface area contributed by atoms with Crippen molar-refractivity contribution >= 4 is 77.8 Å². The molecule has 48 valence electrons. The van der Waals surface area contributed by atoms with Gasteiger partial charge in [0.05, 0.1) is 0 Å². The van der Waals surface area contributed by atoms with Crippen LogP contribution in [0.25, 0.3) is 0 Å². The molecule has 0 bridgehead atoms. The average molecular weight is 398 g/mol. The van der Waals surface area contributed by atoms with Gasteiger partial charge in [-0.05, 0) is 0 Å². The first-order chi connectivity index (χ1) is 4.36. The summed E-state index contributed by atoms with van der Waals surface area (Å²) in [4.78, 5) is 0. The van der Waals surface area contributed by atoms with Crippen molar-refractivity contribution < 1.29 is 0 Å². The van der Waals surface area contributed by atoms with Crippen molar-refractivity contribution in [1.29, 1.82) is 0 Å². The van der Waals surface area contributed by atoms with Crippen LogP contribution in [0.5, 0.6) is 0 Å². The second-order valence-electron chi connectivity index (χ2n) is 1.44. The van der Waals surface area contributed by atoms with Crippen molar-refractivity contribution in [3.8, 4) is 0 Å². The van der Waals surface area contributed by atoms with Crippen molar-refractivity contribution in [3.05, 3.63) is 2.26 Å². The summed E-state index contributed by atoms with van der Waals surface area (Å²) in [5.41, 5.74) is 0. The third-order valence-corrected chi connectivity index (χ3v) is 17.9. The molecule has 2 heterocycles. The molecule has 0 saturated heterocycles. The van der Waals surface area contributed by atoms with E-state index in [0.29, 0.717) is 29.0 Å². The van der Waals surface area contributed by atoms with Gasteiger partial charge < -0.3 is 0 Å². The average Bonchev–Trinajstić information content (AvgIpc) is 2.22. The molecule has 0 spiro atoms. The summed E-state index contributed by atoms with van der Waals surface area (Å²) >= 11 is 8.46. The molecule has 0 aliphatic carbocycles. The van der Waals surface area contributed by atoms with Crippen LogP contribution in [0, 0.1) is 2.26 Å². The van der Waals surface area contributed by atoms with E-state index in [1.54, 1.807) is 4.22 Å². The molecule has 0 atom stereocenters. The normalized spacial score (nSPS) is 16.0. The topological polar surface area (TPSA) is 0 Å². The minimum atomic E-state index is 0.711. The van der Waals surface area contributed by atoms with Gasteiger partial charge in [-0.25, -0.2) is 0 Å². The van der Waals surface area contributed by atoms with E-state index in [1.165, 1.54) is 2.26 Å². The van der Waals surface area contributed by atoms with Gasteiger partial charge in [-0.3, -0.25) is 0 Å². The monoisotopic (exact) mass is 402 g/mol. The minimum absolute atomic E-state index is 0.711. The molecule has 1 aromatic rings. The molecule has 1 aliphatic heterocycles. The quantitative estimate of drug-likeness (QED) is 0.382. The third-order valence-electron chi connectivity index (χ3n) is 0.899. The molecule has 1 aliphatic rings. The van der Waals surface area contributed by atoms with Gasteiger partial charge in [-0.2, -0.15) is 0 Å². The molecular weight excluding hydrogens is 396 g/mol. The molecule has 1 aromatic heterocycles. The standard InChI is InChI=1S/C4H2SSe4/c5-4-8-2-3(9-4)7-1-6-2/h1H2. The molecule has 0 unspecified atom stereocenters. The number of hydrogen-bond acceptors (Lipinski definition) is 1. The van der Waals surface area contributed by atoms with Crippen LogP contribution >= 0.6 is 12.2 Å². The van der Waals surface area contributed by atoms with Crippen molar-refractivity contribution in [1.82, 2.24) is 0 Å². The summed E-state index contributed by atoms with van der Waals surface area (Å²) in [6.45, 7) is 0. The first kappa shape index (κ1) is 7.55.